The number of nitrogens with two attached hydrogens (primary N) is 1. The van der Waals surface area contributed by atoms with E-state index < -0.39 is 0 Å². The van der Waals surface area contributed by atoms with Gasteiger partial charge in [0.15, 0.2) is 0 Å². The minimum atomic E-state index is -0.209. The predicted molar refractivity (Wildman–Crippen MR) is 78.3 cm³/mol. The van der Waals surface area contributed by atoms with Crippen molar-refractivity contribution in [2.75, 3.05) is 37.7 Å². The van der Waals surface area contributed by atoms with E-state index in [0.29, 0.717) is 11.4 Å². The van der Waals surface area contributed by atoms with Crippen LogP contribution in [0.15, 0.2) is 24.3 Å². The molecule has 3 amide bonds. The van der Waals surface area contributed by atoms with Crippen LogP contribution >= 0.6 is 0 Å². The van der Waals surface area contributed by atoms with Gasteiger partial charge in [0.25, 0.3) is 0 Å². The van der Waals surface area contributed by atoms with Crippen molar-refractivity contribution in [2.45, 2.75) is 6.42 Å². The van der Waals surface area contributed by atoms with Crippen LogP contribution in [0.3, 0.4) is 0 Å². The molecule has 0 aromatic heterocycles. The zero-order valence-corrected chi connectivity index (χ0v) is 11.8. The summed E-state index contributed by atoms with van der Waals surface area (Å²) in [5.41, 5.74) is 6.83. The molecule has 0 atom stereocenters. The Balaban J connectivity index is 1.82. The molecular weight excluding hydrogens is 272 g/mol. The van der Waals surface area contributed by atoms with Gasteiger partial charge in [-0.25, -0.2) is 0 Å². The molecule has 21 heavy (non-hydrogen) atoms. The lowest BCUT2D eigenvalue weighted by Gasteiger charge is -2.31. The number of likely N-dealkylation sites (N-methyl/N-ethyl adjacent to an activating group) is 1. The first-order valence-electron chi connectivity index (χ1n) is 6.63. The normalized spacial score (nSPS) is 15.3. The molecule has 1 aromatic carbocycles. The van der Waals surface area contributed by atoms with Crippen LogP contribution < -0.4 is 11.1 Å². The Bertz CT molecular complexity index is 556. The van der Waals surface area contributed by atoms with E-state index in [9.17, 15) is 14.4 Å². The quantitative estimate of drug-likeness (QED) is 0.757. The molecule has 0 aliphatic carbocycles. The van der Waals surface area contributed by atoms with Crippen LogP contribution in [-0.4, -0.2) is 54.2 Å². The fraction of sp³-hybridized carbons (Fsp3) is 0.357. The molecule has 7 nitrogen and oxygen atoms in total. The van der Waals surface area contributed by atoms with Crippen molar-refractivity contribution in [3.05, 3.63) is 24.3 Å². The highest BCUT2D eigenvalue weighted by atomic mass is 16.2. The Morgan fingerprint density at radius 3 is 2.52 bits per heavy atom. The number of rotatable bonds is 4. The number of carbonyl (C=O) groups is 3. The van der Waals surface area contributed by atoms with Crippen molar-refractivity contribution in [3.63, 3.8) is 0 Å². The van der Waals surface area contributed by atoms with Crippen molar-refractivity contribution < 1.29 is 14.4 Å². The van der Waals surface area contributed by atoms with E-state index >= 15 is 0 Å². The second kappa shape index (κ2) is 6.25. The summed E-state index contributed by atoms with van der Waals surface area (Å²) in [5, 5.41) is 2.72. The molecule has 0 bridgehead atoms. The van der Waals surface area contributed by atoms with Crippen LogP contribution in [0.1, 0.15) is 6.42 Å². The van der Waals surface area contributed by atoms with Crippen LogP contribution in [0.5, 0.6) is 0 Å². The molecule has 0 unspecified atom stereocenters. The number of benzene rings is 1. The molecule has 112 valence electrons. The van der Waals surface area contributed by atoms with Gasteiger partial charge >= 0.3 is 0 Å². The number of piperazine rings is 1. The zero-order valence-electron chi connectivity index (χ0n) is 11.8. The number of carbonyl (C=O) groups excluding carboxylic acids is 3. The molecule has 0 radical (unpaired) electrons. The third-order valence-electron chi connectivity index (χ3n) is 3.28. The molecular formula is C14H18N4O3. The highest BCUT2D eigenvalue weighted by Gasteiger charge is 2.27. The molecule has 1 heterocycles. The van der Waals surface area contributed by atoms with Gasteiger partial charge in [0.2, 0.25) is 17.7 Å². The first kappa shape index (κ1) is 14.8. The van der Waals surface area contributed by atoms with Gasteiger partial charge in [-0.05, 0) is 24.3 Å². The number of nitrogens with one attached hydrogen (secondary N) is 1. The molecule has 7 heteroatoms. The summed E-state index contributed by atoms with van der Waals surface area (Å²) in [4.78, 5) is 37.9. The van der Waals surface area contributed by atoms with E-state index in [0.717, 1.165) is 0 Å². The fourth-order valence-corrected chi connectivity index (χ4v) is 1.99. The molecule has 1 saturated heterocycles. The maximum absolute atomic E-state index is 11.8. The molecule has 1 fully saturated rings. The monoisotopic (exact) mass is 290 g/mol. The van der Waals surface area contributed by atoms with Crippen LogP contribution in [0.25, 0.3) is 0 Å². The van der Waals surface area contributed by atoms with E-state index in [2.05, 4.69) is 5.32 Å². The molecule has 1 aliphatic rings. The van der Waals surface area contributed by atoms with Crippen LogP contribution in [0, 0.1) is 0 Å². The second-order valence-corrected chi connectivity index (χ2v) is 4.99. The van der Waals surface area contributed by atoms with E-state index in [1.807, 2.05) is 0 Å². The van der Waals surface area contributed by atoms with Crippen molar-refractivity contribution in [3.8, 4) is 0 Å². The summed E-state index contributed by atoms with van der Waals surface area (Å²) >= 11 is 0. The zero-order chi connectivity index (χ0) is 15.4. The second-order valence-electron chi connectivity index (χ2n) is 4.99. The van der Waals surface area contributed by atoms with Crippen LogP contribution in [-0.2, 0) is 14.4 Å². The SMILES string of the molecule is CN1CC(=O)N(CCC(=O)Nc2ccc(N)cc2)CC1=O. The highest BCUT2D eigenvalue weighted by Crippen LogP contribution is 2.11. The van der Waals surface area contributed by atoms with Crippen LogP contribution in [0.2, 0.25) is 0 Å². The van der Waals surface area contributed by atoms with Crippen molar-refractivity contribution in [1.29, 1.82) is 0 Å². The summed E-state index contributed by atoms with van der Waals surface area (Å²) in [7, 11) is 1.59. The molecule has 1 aromatic rings. The summed E-state index contributed by atoms with van der Waals surface area (Å²) in [6, 6.07) is 6.80. The maximum Gasteiger partial charge on any atom is 0.242 e. The predicted octanol–water partition coefficient (Wildman–Crippen LogP) is -0.102. The molecule has 1 aliphatic heterocycles. The first-order valence-corrected chi connectivity index (χ1v) is 6.63. The average Bonchev–Trinajstić information content (AvgIpc) is 2.44. The van der Waals surface area contributed by atoms with Crippen molar-refractivity contribution in [2.24, 2.45) is 0 Å². The Morgan fingerprint density at radius 2 is 1.86 bits per heavy atom. The summed E-state index contributed by atoms with van der Waals surface area (Å²) in [6.45, 7) is 0.335. The van der Waals surface area contributed by atoms with Crippen LogP contribution in [0.4, 0.5) is 11.4 Å². The molecule has 2 rings (SSSR count). The molecule has 0 spiro atoms. The topological polar surface area (TPSA) is 95.7 Å². The van der Waals surface area contributed by atoms with Crippen molar-refractivity contribution in [1.82, 2.24) is 9.80 Å². The standard InChI is InChI=1S/C14H18N4O3/c1-17-8-14(21)18(9-13(17)20)7-6-12(19)16-11-4-2-10(15)3-5-11/h2-5H,6-9,15H2,1H3,(H,16,19). The van der Waals surface area contributed by atoms with Gasteiger partial charge in [0.05, 0.1) is 13.1 Å². The summed E-state index contributed by atoms with van der Waals surface area (Å²) in [5.74, 6) is -0.468. The van der Waals surface area contributed by atoms with E-state index in [1.165, 1.54) is 9.80 Å². The number of anilines is 2. The van der Waals surface area contributed by atoms with E-state index in [4.69, 9.17) is 5.73 Å². The lowest BCUT2D eigenvalue weighted by Crippen LogP contribution is -2.52. The Morgan fingerprint density at radius 1 is 1.19 bits per heavy atom. The van der Waals surface area contributed by atoms with Gasteiger partial charge < -0.3 is 20.9 Å². The fourth-order valence-electron chi connectivity index (χ4n) is 1.99. The Hall–Kier alpha value is -2.57. The van der Waals surface area contributed by atoms with E-state index in [1.54, 1.807) is 31.3 Å². The first-order chi connectivity index (χ1) is 9.95. The highest BCUT2D eigenvalue weighted by molar-refractivity contribution is 5.94. The maximum atomic E-state index is 11.8. The largest absolute Gasteiger partial charge is 0.399 e. The number of nitrogen functional groups attached to an aromatic ring is 1. The number of amides is 3. The average molecular weight is 290 g/mol. The van der Waals surface area contributed by atoms with Gasteiger partial charge in [-0.2, -0.15) is 0 Å². The number of hydrogen-bond donors (Lipinski definition) is 2. The Labute approximate surface area is 122 Å². The van der Waals surface area contributed by atoms with Gasteiger partial charge in [-0.3, -0.25) is 14.4 Å². The Kier molecular flexibility index (Phi) is 4.42. The van der Waals surface area contributed by atoms with Gasteiger partial charge in [0, 0.05) is 31.4 Å². The third-order valence-corrected chi connectivity index (χ3v) is 3.28. The van der Waals surface area contributed by atoms with Crippen molar-refractivity contribution >= 4 is 29.1 Å². The molecule has 0 saturated carbocycles. The van der Waals surface area contributed by atoms with E-state index in [-0.39, 0.29) is 43.8 Å². The minimum Gasteiger partial charge on any atom is -0.399 e. The van der Waals surface area contributed by atoms with Gasteiger partial charge in [0.1, 0.15) is 0 Å². The lowest BCUT2D eigenvalue weighted by atomic mass is 10.2. The van der Waals surface area contributed by atoms with Gasteiger partial charge in [-0.15, -0.1) is 0 Å². The molecule has 3 N–H and O–H groups in total. The number of nitrogens with zero attached hydrogens (tertiary/aromatic N) is 2. The lowest BCUT2D eigenvalue weighted by molar-refractivity contribution is -0.149. The van der Waals surface area contributed by atoms with Gasteiger partial charge in [-0.1, -0.05) is 0 Å². The minimum absolute atomic E-state index is 0.0322. The number of hydrogen-bond acceptors (Lipinski definition) is 4. The smallest absolute Gasteiger partial charge is 0.242 e. The summed E-state index contributed by atoms with van der Waals surface area (Å²) < 4.78 is 0. The third kappa shape index (κ3) is 3.95. The summed E-state index contributed by atoms with van der Waals surface area (Å²) in [6.07, 6.45) is 0.146.